The van der Waals surface area contributed by atoms with Gasteiger partial charge >= 0.3 is 0 Å². The summed E-state index contributed by atoms with van der Waals surface area (Å²) in [5, 5.41) is 12.5. The number of primary amides is 1. The standard InChI is InChI=1S/C12H16N2O2/c13-12(16)9-3-1-2-8(4-9)7-14-10-5-11(15)6-10/h1-4,10-11,14-15H,5-7H2,(H2,13,16). The molecule has 0 atom stereocenters. The Hall–Kier alpha value is -1.39. The smallest absolute Gasteiger partial charge is 0.248 e. The van der Waals surface area contributed by atoms with E-state index >= 15 is 0 Å². The molecule has 1 aliphatic carbocycles. The third-order valence-electron chi connectivity index (χ3n) is 2.92. The van der Waals surface area contributed by atoms with Crippen molar-refractivity contribution in [1.82, 2.24) is 5.32 Å². The molecule has 16 heavy (non-hydrogen) atoms. The monoisotopic (exact) mass is 220 g/mol. The third-order valence-corrected chi connectivity index (χ3v) is 2.92. The van der Waals surface area contributed by atoms with E-state index < -0.39 is 5.91 Å². The van der Waals surface area contributed by atoms with Crippen molar-refractivity contribution in [1.29, 1.82) is 0 Å². The second-order valence-corrected chi connectivity index (χ2v) is 4.27. The lowest BCUT2D eigenvalue weighted by molar-refractivity contribution is 0.0619. The second-order valence-electron chi connectivity index (χ2n) is 4.27. The molecule has 1 aliphatic rings. The summed E-state index contributed by atoms with van der Waals surface area (Å²) in [6.45, 7) is 0.707. The summed E-state index contributed by atoms with van der Waals surface area (Å²) in [7, 11) is 0. The van der Waals surface area contributed by atoms with Crippen LogP contribution in [0.3, 0.4) is 0 Å². The molecule has 0 radical (unpaired) electrons. The van der Waals surface area contributed by atoms with E-state index in [1.807, 2.05) is 12.1 Å². The van der Waals surface area contributed by atoms with E-state index in [4.69, 9.17) is 10.8 Å². The molecule has 0 aliphatic heterocycles. The summed E-state index contributed by atoms with van der Waals surface area (Å²) in [5.41, 5.74) is 6.78. The zero-order valence-corrected chi connectivity index (χ0v) is 9.02. The molecule has 1 aromatic rings. The van der Waals surface area contributed by atoms with Gasteiger partial charge in [0.1, 0.15) is 0 Å². The van der Waals surface area contributed by atoms with Gasteiger partial charge in [-0.2, -0.15) is 0 Å². The molecule has 4 nitrogen and oxygen atoms in total. The van der Waals surface area contributed by atoms with E-state index in [-0.39, 0.29) is 6.10 Å². The minimum atomic E-state index is -0.402. The second kappa shape index (κ2) is 4.63. The van der Waals surface area contributed by atoms with Gasteiger partial charge in [-0.25, -0.2) is 0 Å². The van der Waals surface area contributed by atoms with Gasteiger partial charge in [0.2, 0.25) is 5.91 Å². The van der Waals surface area contributed by atoms with Gasteiger partial charge in [-0.1, -0.05) is 12.1 Å². The first-order valence-electron chi connectivity index (χ1n) is 5.45. The van der Waals surface area contributed by atoms with E-state index in [1.165, 1.54) is 0 Å². The fourth-order valence-electron chi connectivity index (χ4n) is 1.85. The Balaban J connectivity index is 1.89. The minimum Gasteiger partial charge on any atom is -0.393 e. The number of rotatable bonds is 4. The highest BCUT2D eigenvalue weighted by Gasteiger charge is 2.26. The molecule has 86 valence electrons. The number of carbonyl (C=O) groups is 1. The van der Waals surface area contributed by atoms with Gasteiger partial charge in [-0.05, 0) is 30.5 Å². The van der Waals surface area contributed by atoms with E-state index in [2.05, 4.69) is 5.32 Å². The third kappa shape index (κ3) is 2.59. The average molecular weight is 220 g/mol. The lowest BCUT2D eigenvalue weighted by atomic mass is 9.89. The summed E-state index contributed by atoms with van der Waals surface area (Å²) in [6, 6.07) is 7.68. The summed E-state index contributed by atoms with van der Waals surface area (Å²) in [4.78, 5) is 11.0. The number of benzene rings is 1. The summed E-state index contributed by atoms with van der Waals surface area (Å²) in [6.07, 6.45) is 1.49. The number of amides is 1. The Kier molecular flexibility index (Phi) is 3.22. The molecule has 4 heteroatoms. The Labute approximate surface area is 94.5 Å². The first kappa shape index (κ1) is 11.1. The Morgan fingerprint density at radius 2 is 2.25 bits per heavy atom. The first-order chi connectivity index (χ1) is 7.65. The predicted octanol–water partition coefficient (Wildman–Crippen LogP) is 0.398. The largest absolute Gasteiger partial charge is 0.393 e. The molecule has 1 aromatic carbocycles. The molecule has 0 bridgehead atoms. The minimum absolute atomic E-state index is 0.144. The van der Waals surface area contributed by atoms with Crippen LogP contribution in [-0.4, -0.2) is 23.2 Å². The number of aliphatic hydroxyl groups is 1. The molecular weight excluding hydrogens is 204 g/mol. The Morgan fingerprint density at radius 1 is 1.50 bits per heavy atom. The van der Waals surface area contributed by atoms with E-state index in [9.17, 15) is 4.79 Å². The van der Waals surface area contributed by atoms with Crippen molar-refractivity contribution in [2.24, 2.45) is 5.73 Å². The van der Waals surface area contributed by atoms with E-state index in [0.717, 1.165) is 18.4 Å². The normalized spacial score (nSPS) is 23.8. The first-order valence-corrected chi connectivity index (χ1v) is 5.45. The van der Waals surface area contributed by atoms with Crippen LogP contribution in [0.1, 0.15) is 28.8 Å². The highest BCUT2D eigenvalue weighted by molar-refractivity contribution is 5.92. The average Bonchev–Trinajstić information content (AvgIpc) is 2.23. The number of hydrogen-bond donors (Lipinski definition) is 3. The molecule has 1 fully saturated rings. The van der Waals surface area contributed by atoms with Crippen LogP contribution in [-0.2, 0) is 6.54 Å². The zero-order chi connectivity index (χ0) is 11.5. The number of carbonyl (C=O) groups excluding carboxylic acids is 1. The van der Waals surface area contributed by atoms with Crippen molar-refractivity contribution in [2.75, 3.05) is 0 Å². The number of nitrogens with two attached hydrogens (primary N) is 1. The fraction of sp³-hybridized carbons (Fsp3) is 0.417. The number of hydrogen-bond acceptors (Lipinski definition) is 3. The summed E-state index contributed by atoms with van der Waals surface area (Å²) < 4.78 is 0. The quantitative estimate of drug-likeness (QED) is 0.687. The summed E-state index contributed by atoms with van der Waals surface area (Å²) >= 11 is 0. The molecule has 0 spiro atoms. The molecule has 4 N–H and O–H groups in total. The predicted molar refractivity (Wildman–Crippen MR) is 60.8 cm³/mol. The molecular formula is C12H16N2O2. The van der Waals surface area contributed by atoms with Crippen LogP contribution in [0.15, 0.2) is 24.3 Å². The molecule has 1 amide bonds. The van der Waals surface area contributed by atoms with E-state index in [0.29, 0.717) is 18.2 Å². The van der Waals surface area contributed by atoms with Crippen molar-refractivity contribution < 1.29 is 9.90 Å². The van der Waals surface area contributed by atoms with Crippen LogP contribution in [0.2, 0.25) is 0 Å². The molecule has 1 saturated carbocycles. The molecule has 0 heterocycles. The van der Waals surface area contributed by atoms with Crippen molar-refractivity contribution in [3.8, 4) is 0 Å². The maximum atomic E-state index is 11.0. The van der Waals surface area contributed by atoms with Crippen LogP contribution in [0.4, 0.5) is 0 Å². The lowest BCUT2D eigenvalue weighted by Gasteiger charge is -2.32. The van der Waals surface area contributed by atoms with Gasteiger partial charge in [-0.15, -0.1) is 0 Å². The Bertz CT molecular complexity index is 386. The van der Waals surface area contributed by atoms with Gasteiger partial charge < -0.3 is 16.2 Å². The number of nitrogens with one attached hydrogen (secondary N) is 1. The van der Waals surface area contributed by atoms with E-state index in [1.54, 1.807) is 12.1 Å². The topological polar surface area (TPSA) is 75.4 Å². The van der Waals surface area contributed by atoms with Gasteiger partial charge in [0, 0.05) is 18.2 Å². The maximum absolute atomic E-state index is 11.0. The summed E-state index contributed by atoms with van der Waals surface area (Å²) in [5.74, 6) is -0.402. The van der Waals surface area contributed by atoms with Gasteiger partial charge in [-0.3, -0.25) is 4.79 Å². The van der Waals surface area contributed by atoms with Crippen LogP contribution in [0.5, 0.6) is 0 Å². The Morgan fingerprint density at radius 3 is 2.88 bits per heavy atom. The number of aliphatic hydroxyl groups excluding tert-OH is 1. The van der Waals surface area contributed by atoms with Crippen molar-refractivity contribution in [3.63, 3.8) is 0 Å². The molecule has 0 saturated heterocycles. The van der Waals surface area contributed by atoms with Crippen LogP contribution in [0, 0.1) is 0 Å². The molecule has 2 rings (SSSR count). The SMILES string of the molecule is NC(=O)c1cccc(CNC2CC(O)C2)c1. The lowest BCUT2D eigenvalue weighted by Crippen LogP contribution is -2.43. The van der Waals surface area contributed by atoms with Crippen LogP contribution < -0.4 is 11.1 Å². The zero-order valence-electron chi connectivity index (χ0n) is 9.02. The highest BCUT2D eigenvalue weighted by atomic mass is 16.3. The maximum Gasteiger partial charge on any atom is 0.248 e. The van der Waals surface area contributed by atoms with Crippen LogP contribution in [0.25, 0.3) is 0 Å². The fourth-order valence-corrected chi connectivity index (χ4v) is 1.85. The van der Waals surface area contributed by atoms with Gasteiger partial charge in [0.15, 0.2) is 0 Å². The van der Waals surface area contributed by atoms with Crippen molar-refractivity contribution in [3.05, 3.63) is 35.4 Å². The van der Waals surface area contributed by atoms with Crippen molar-refractivity contribution >= 4 is 5.91 Å². The molecule has 0 unspecified atom stereocenters. The highest BCUT2D eigenvalue weighted by Crippen LogP contribution is 2.19. The van der Waals surface area contributed by atoms with Gasteiger partial charge in [0.25, 0.3) is 0 Å². The molecule has 0 aromatic heterocycles. The van der Waals surface area contributed by atoms with Crippen LogP contribution >= 0.6 is 0 Å². The van der Waals surface area contributed by atoms with Gasteiger partial charge in [0.05, 0.1) is 6.10 Å². The van der Waals surface area contributed by atoms with Crippen molar-refractivity contribution in [2.45, 2.75) is 31.5 Å².